The third-order valence-electron chi connectivity index (χ3n) is 13.3. The highest BCUT2D eigenvalue weighted by molar-refractivity contribution is 7.99. The van der Waals surface area contributed by atoms with Gasteiger partial charge in [-0.2, -0.15) is 0 Å². The summed E-state index contributed by atoms with van der Waals surface area (Å²) >= 11 is 1.73. The summed E-state index contributed by atoms with van der Waals surface area (Å²) in [5, 5.41) is 36.3. The van der Waals surface area contributed by atoms with Gasteiger partial charge in [0.1, 0.15) is 24.1 Å². The zero-order chi connectivity index (χ0) is 48.2. The topological polar surface area (TPSA) is 172 Å². The van der Waals surface area contributed by atoms with E-state index in [0.29, 0.717) is 60.3 Å². The Morgan fingerprint density at radius 1 is 0.971 bits per heavy atom. The maximum atomic E-state index is 15.2. The molecule has 0 saturated heterocycles. The Hall–Kier alpha value is -6.13. The first kappa shape index (κ1) is 49.3. The number of benzene rings is 4. The van der Waals surface area contributed by atoms with Crippen molar-refractivity contribution < 1.29 is 48.5 Å². The molecule has 2 aliphatic heterocycles. The van der Waals surface area contributed by atoms with Crippen molar-refractivity contribution in [3.63, 3.8) is 0 Å². The number of oxime groups is 1. The second kappa shape index (κ2) is 23.5. The van der Waals surface area contributed by atoms with Gasteiger partial charge in [-0.1, -0.05) is 54.4 Å². The van der Waals surface area contributed by atoms with Crippen molar-refractivity contribution in [3.8, 4) is 23.0 Å². The average molecular weight is 960 g/mol. The first-order valence-electron chi connectivity index (χ1n) is 23.9. The minimum atomic E-state index is -1.50. The second-order valence-corrected chi connectivity index (χ2v) is 18.7. The monoisotopic (exact) mass is 959 g/mol. The number of allylic oxidation sites excluding steroid dienone is 1. The first-order valence-corrected chi connectivity index (χ1v) is 24.9. The number of rotatable bonds is 24. The molecule has 0 spiro atoms. The molecule has 69 heavy (non-hydrogen) atoms. The summed E-state index contributed by atoms with van der Waals surface area (Å²) in [4.78, 5) is 35.1. The molecular weight excluding hydrogens is 899 g/mol. The lowest BCUT2D eigenvalue weighted by molar-refractivity contribution is -0.384. The molecule has 1 fully saturated rings. The first-order chi connectivity index (χ1) is 33.8. The summed E-state index contributed by atoms with van der Waals surface area (Å²) in [5.41, 5.74) is 3.88. The van der Waals surface area contributed by atoms with E-state index in [1.807, 2.05) is 55.5 Å². The van der Waals surface area contributed by atoms with Crippen LogP contribution in [0.15, 0.2) is 131 Å². The summed E-state index contributed by atoms with van der Waals surface area (Å²) in [5.74, 6) is 0.687. The van der Waals surface area contributed by atoms with Crippen LogP contribution in [0, 0.1) is 27.9 Å². The number of ether oxygens (including phenoxy) is 5. The van der Waals surface area contributed by atoms with E-state index in [2.05, 4.69) is 30.9 Å². The molecule has 2 heterocycles. The van der Waals surface area contributed by atoms with Gasteiger partial charge < -0.3 is 43.6 Å². The summed E-state index contributed by atoms with van der Waals surface area (Å²) < 4.78 is 32.6. The van der Waals surface area contributed by atoms with E-state index in [-0.39, 0.29) is 68.9 Å². The third-order valence-corrected chi connectivity index (χ3v) is 14.3. The maximum absolute atomic E-state index is 15.2. The van der Waals surface area contributed by atoms with Gasteiger partial charge in [-0.05, 0) is 122 Å². The predicted molar refractivity (Wildman–Crippen MR) is 264 cm³/mol. The fraction of sp³-hybridized carbons (Fsp3) is 0.407. The van der Waals surface area contributed by atoms with Gasteiger partial charge in [-0.15, -0.1) is 18.3 Å². The molecule has 4 aromatic rings. The van der Waals surface area contributed by atoms with Gasteiger partial charge in [0.15, 0.2) is 11.5 Å². The molecule has 4 aliphatic rings. The number of aliphatic hydroxyl groups is 2. The Balaban J connectivity index is 1.28. The number of carbonyl (C=O) groups is 1. The predicted octanol–water partition coefficient (Wildman–Crippen LogP) is 9.89. The van der Waals surface area contributed by atoms with Crippen LogP contribution in [0.25, 0.3) is 6.08 Å². The molecule has 0 bridgehead atoms. The number of nitro benzene ring substituents is 1. The molecule has 2 N–H and O–H groups in total. The van der Waals surface area contributed by atoms with E-state index >= 15 is 4.79 Å². The highest BCUT2D eigenvalue weighted by Crippen LogP contribution is 2.62. The second-order valence-electron chi connectivity index (χ2n) is 17.5. The van der Waals surface area contributed by atoms with Crippen LogP contribution in [-0.2, 0) is 20.9 Å². The van der Waals surface area contributed by atoms with Crippen LogP contribution >= 0.6 is 11.8 Å². The molecule has 1 saturated carbocycles. The van der Waals surface area contributed by atoms with Crippen LogP contribution in [0.2, 0.25) is 0 Å². The molecule has 364 valence electrons. The normalized spacial score (nSPS) is 22.6. The number of unbranched alkanes of at least 4 members (excludes halogenated alkanes) is 2. The SMILES string of the molecule is C=CCOC12Oc3ccc(OCCSc4ccccc4)cc3C3C(CCCCO)C(CCCCO)C=C(C(=NOCC)CC1N(Cc1ccc4c(c1)OCO4)C(=O)C=Cc1ccc([N+](=O)[O-])cc1)C32. The van der Waals surface area contributed by atoms with Gasteiger partial charge in [0.2, 0.25) is 18.5 Å². The highest BCUT2D eigenvalue weighted by atomic mass is 32.2. The van der Waals surface area contributed by atoms with Crippen LogP contribution < -0.4 is 18.9 Å². The lowest BCUT2D eigenvalue weighted by atomic mass is 9.55. The summed E-state index contributed by atoms with van der Waals surface area (Å²) in [6.45, 7) is 7.19. The number of hydrogen-bond acceptors (Lipinski definition) is 13. The van der Waals surface area contributed by atoms with E-state index in [1.54, 1.807) is 40.9 Å². The quantitative estimate of drug-likeness (QED) is 0.0170. The molecule has 6 atom stereocenters. The van der Waals surface area contributed by atoms with E-state index in [1.165, 1.54) is 23.1 Å². The summed E-state index contributed by atoms with van der Waals surface area (Å²) in [6, 6.07) is 27.0. The molecule has 6 unspecified atom stereocenters. The molecule has 15 heteroatoms. The van der Waals surface area contributed by atoms with Crippen molar-refractivity contribution in [2.75, 3.05) is 45.6 Å². The largest absolute Gasteiger partial charge is 0.493 e. The molecule has 4 aromatic carbocycles. The molecule has 0 radical (unpaired) electrons. The Labute approximate surface area is 407 Å². The Morgan fingerprint density at radius 2 is 1.74 bits per heavy atom. The molecule has 2 aliphatic carbocycles. The van der Waals surface area contributed by atoms with Gasteiger partial charge in [0.25, 0.3) is 5.69 Å². The molecule has 14 nitrogen and oxygen atoms in total. The van der Waals surface area contributed by atoms with Crippen molar-refractivity contribution in [1.29, 1.82) is 0 Å². The van der Waals surface area contributed by atoms with E-state index in [9.17, 15) is 20.3 Å². The summed E-state index contributed by atoms with van der Waals surface area (Å²) in [6.07, 6.45) is 11.8. The van der Waals surface area contributed by atoms with Crippen LogP contribution in [0.4, 0.5) is 5.69 Å². The zero-order valence-corrected chi connectivity index (χ0v) is 39.8. The van der Waals surface area contributed by atoms with Gasteiger partial charge in [0, 0.05) is 66.5 Å². The summed E-state index contributed by atoms with van der Waals surface area (Å²) in [7, 11) is 0. The van der Waals surface area contributed by atoms with Crippen LogP contribution in [0.1, 0.15) is 74.5 Å². The number of nitrogens with zero attached hydrogens (tertiary/aromatic N) is 3. The van der Waals surface area contributed by atoms with E-state index in [0.717, 1.165) is 48.1 Å². The Kier molecular flexibility index (Phi) is 16.8. The van der Waals surface area contributed by atoms with Gasteiger partial charge in [-0.3, -0.25) is 14.9 Å². The molecule has 0 aromatic heterocycles. The fourth-order valence-corrected chi connectivity index (χ4v) is 11.0. The Morgan fingerprint density at radius 3 is 2.49 bits per heavy atom. The van der Waals surface area contributed by atoms with E-state index < -0.39 is 22.7 Å². The number of carbonyl (C=O) groups excluding carboxylic acids is 1. The number of nitro groups is 1. The lowest BCUT2D eigenvalue weighted by Crippen LogP contribution is -2.70. The van der Waals surface area contributed by atoms with Gasteiger partial charge >= 0.3 is 0 Å². The van der Waals surface area contributed by atoms with E-state index in [4.69, 9.17) is 33.7 Å². The van der Waals surface area contributed by atoms with Crippen LogP contribution in [0.3, 0.4) is 0 Å². The fourth-order valence-electron chi connectivity index (χ4n) is 10.3. The van der Waals surface area contributed by atoms with Crippen molar-refractivity contribution in [3.05, 3.63) is 148 Å². The number of amides is 1. The standard InChI is InChI=1S/C54H61N3O11S/c1-3-28-66-54-50(56(35-38-18-23-48-49(31-38)65-36-64-48)51(60)25-19-37-16-20-40(21-17-37)57(61)62)34-46(55-67-4-2)44-32-39(12-8-10-26-58)43(15-9-11-27-59)52(53(44)54)45-33-41(22-24-47(45)68-54)63-29-30-69-42-13-6-5-7-14-42/h3,5-7,13-14,16-25,31-33,39,43,50,52-53,58-59H,1,4,8-12,15,26-30,34-36H2,2H3. The average Bonchev–Trinajstić information content (AvgIpc) is 3.85. The van der Waals surface area contributed by atoms with Crippen LogP contribution in [0.5, 0.6) is 23.0 Å². The zero-order valence-electron chi connectivity index (χ0n) is 39.0. The third kappa shape index (κ3) is 11.3. The number of fused-ring (bicyclic) bond motifs is 3. The number of aliphatic hydroxyl groups excluding tert-OH is 2. The number of hydrogen-bond donors (Lipinski definition) is 2. The van der Waals surface area contributed by atoms with Crippen molar-refractivity contribution in [1.82, 2.24) is 4.90 Å². The minimum Gasteiger partial charge on any atom is -0.493 e. The van der Waals surface area contributed by atoms with Crippen molar-refractivity contribution >= 4 is 35.1 Å². The van der Waals surface area contributed by atoms with Gasteiger partial charge in [0.05, 0.1) is 29.8 Å². The Bertz CT molecular complexity index is 2500. The highest BCUT2D eigenvalue weighted by Gasteiger charge is 2.65. The lowest BCUT2D eigenvalue weighted by Gasteiger charge is -2.60. The molecular formula is C54H61N3O11S. The maximum Gasteiger partial charge on any atom is 0.269 e. The van der Waals surface area contributed by atoms with Crippen molar-refractivity contribution in [2.24, 2.45) is 22.9 Å². The van der Waals surface area contributed by atoms with Crippen LogP contribution in [-0.4, -0.2) is 89.1 Å². The smallest absolute Gasteiger partial charge is 0.269 e. The number of thioether (sulfide) groups is 1. The molecule has 8 rings (SSSR count). The van der Waals surface area contributed by atoms with Gasteiger partial charge in [-0.25, -0.2) is 0 Å². The number of non-ortho nitro benzene ring substituents is 1. The minimum absolute atomic E-state index is 0.0226. The molecule has 1 amide bonds. The van der Waals surface area contributed by atoms with Crippen molar-refractivity contribution in [2.45, 2.75) is 81.1 Å².